The van der Waals surface area contributed by atoms with Gasteiger partial charge in [-0.25, -0.2) is 4.79 Å². The van der Waals surface area contributed by atoms with E-state index in [1.807, 2.05) is 4.90 Å². The third-order valence-electron chi connectivity index (χ3n) is 4.62. The maximum Gasteiger partial charge on any atom is 0.407 e. The number of methoxy groups -OCH3 is 1. The Bertz CT molecular complexity index is 375. The number of nitrogens with zero attached hydrogens (tertiary/aromatic N) is 1. The fraction of sp³-hybridized carbons (Fsp3) is 0.857. The van der Waals surface area contributed by atoms with Crippen molar-refractivity contribution >= 4 is 12.0 Å². The Morgan fingerprint density at radius 3 is 2.75 bits per heavy atom. The van der Waals surface area contributed by atoms with Crippen molar-refractivity contribution in [1.29, 1.82) is 0 Å². The molecular weight excluding hydrogens is 258 g/mol. The number of hydrogen-bond donors (Lipinski definition) is 2. The van der Waals surface area contributed by atoms with E-state index in [9.17, 15) is 9.59 Å². The van der Waals surface area contributed by atoms with Gasteiger partial charge in [-0.1, -0.05) is 13.3 Å². The largest absolute Gasteiger partial charge is 0.453 e. The van der Waals surface area contributed by atoms with Gasteiger partial charge < -0.3 is 20.7 Å². The first-order valence-corrected chi connectivity index (χ1v) is 7.41. The highest BCUT2D eigenvalue weighted by Gasteiger charge is 2.37. The van der Waals surface area contributed by atoms with Crippen LogP contribution in [-0.2, 0) is 9.53 Å². The second-order valence-corrected chi connectivity index (χ2v) is 6.00. The summed E-state index contributed by atoms with van der Waals surface area (Å²) in [5.41, 5.74) is 6.19. The molecule has 2 rings (SSSR count). The van der Waals surface area contributed by atoms with E-state index in [1.165, 1.54) is 7.11 Å². The number of rotatable bonds is 2. The molecule has 1 aliphatic heterocycles. The van der Waals surface area contributed by atoms with Crippen LogP contribution in [0.5, 0.6) is 0 Å². The summed E-state index contributed by atoms with van der Waals surface area (Å²) in [6, 6.07) is -0.0486. The van der Waals surface area contributed by atoms with E-state index in [4.69, 9.17) is 5.73 Å². The molecule has 2 fully saturated rings. The van der Waals surface area contributed by atoms with Crippen molar-refractivity contribution in [1.82, 2.24) is 10.2 Å². The van der Waals surface area contributed by atoms with Crippen molar-refractivity contribution in [3.8, 4) is 0 Å². The van der Waals surface area contributed by atoms with Crippen LogP contribution in [0.15, 0.2) is 0 Å². The second kappa shape index (κ2) is 6.43. The summed E-state index contributed by atoms with van der Waals surface area (Å²) < 4.78 is 4.58. The summed E-state index contributed by atoms with van der Waals surface area (Å²) in [7, 11) is 1.34. The molecule has 6 heteroatoms. The molecule has 0 radical (unpaired) electrons. The number of amides is 2. The lowest BCUT2D eigenvalue weighted by molar-refractivity contribution is -0.136. The number of nitrogens with two attached hydrogens (primary N) is 1. The van der Waals surface area contributed by atoms with E-state index in [0.717, 1.165) is 25.7 Å². The van der Waals surface area contributed by atoms with Gasteiger partial charge in [-0.3, -0.25) is 4.79 Å². The maximum atomic E-state index is 12.6. The molecule has 0 spiro atoms. The van der Waals surface area contributed by atoms with Crippen LogP contribution in [0, 0.1) is 11.8 Å². The molecule has 6 nitrogen and oxygen atoms in total. The topological polar surface area (TPSA) is 84.7 Å². The predicted molar refractivity (Wildman–Crippen MR) is 75.0 cm³/mol. The van der Waals surface area contributed by atoms with E-state index in [-0.39, 0.29) is 23.9 Å². The van der Waals surface area contributed by atoms with Gasteiger partial charge in [0.25, 0.3) is 0 Å². The molecule has 1 aliphatic carbocycles. The first-order valence-electron chi connectivity index (χ1n) is 7.41. The Morgan fingerprint density at radius 1 is 1.30 bits per heavy atom. The van der Waals surface area contributed by atoms with E-state index in [0.29, 0.717) is 19.0 Å². The number of carbonyl (C=O) groups is 2. The zero-order valence-electron chi connectivity index (χ0n) is 12.3. The predicted octanol–water partition coefficient (Wildman–Crippen LogP) is 0.707. The van der Waals surface area contributed by atoms with Gasteiger partial charge >= 0.3 is 6.09 Å². The quantitative estimate of drug-likeness (QED) is 0.781. The van der Waals surface area contributed by atoms with Crippen LogP contribution >= 0.6 is 0 Å². The van der Waals surface area contributed by atoms with Gasteiger partial charge in [0, 0.05) is 19.1 Å². The Kier molecular flexibility index (Phi) is 4.86. The maximum absolute atomic E-state index is 12.6. The lowest BCUT2D eigenvalue weighted by atomic mass is 9.77. The first-order chi connectivity index (χ1) is 9.52. The van der Waals surface area contributed by atoms with Crippen LogP contribution < -0.4 is 11.1 Å². The highest BCUT2D eigenvalue weighted by molar-refractivity contribution is 5.80. The summed E-state index contributed by atoms with van der Waals surface area (Å²) in [5, 5.41) is 2.75. The molecule has 20 heavy (non-hydrogen) atoms. The van der Waals surface area contributed by atoms with E-state index >= 15 is 0 Å². The van der Waals surface area contributed by atoms with Crippen molar-refractivity contribution in [3.63, 3.8) is 0 Å². The molecule has 4 unspecified atom stereocenters. The van der Waals surface area contributed by atoms with Gasteiger partial charge in [0.1, 0.15) is 0 Å². The van der Waals surface area contributed by atoms with Crippen molar-refractivity contribution in [2.45, 2.75) is 44.7 Å². The van der Waals surface area contributed by atoms with Crippen LogP contribution in [0.2, 0.25) is 0 Å². The molecule has 114 valence electrons. The lowest BCUT2D eigenvalue weighted by Crippen LogP contribution is -2.49. The third kappa shape index (κ3) is 3.23. The molecule has 3 N–H and O–H groups in total. The fourth-order valence-electron chi connectivity index (χ4n) is 3.27. The number of ether oxygens (including phenoxy) is 1. The molecule has 2 aliphatic rings. The highest BCUT2D eigenvalue weighted by Crippen LogP contribution is 2.30. The molecule has 0 aromatic carbocycles. The van der Waals surface area contributed by atoms with Crippen molar-refractivity contribution < 1.29 is 14.3 Å². The molecular formula is C14H25N3O3. The number of alkyl carbamates (subject to hydrolysis) is 1. The van der Waals surface area contributed by atoms with Crippen LogP contribution in [0.3, 0.4) is 0 Å². The average molecular weight is 283 g/mol. The second-order valence-electron chi connectivity index (χ2n) is 6.00. The minimum Gasteiger partial charge on any atom is -0.453 e. The van der Waals surface area contributed by atoms with Crippen molar-refractivity contribution in [2.75, 3.05) is 20.2 Å². The monoisotopic (exact) mass is 283 g/mol. The van der Waals surface area contributed by atoms with Crippen LogP contribution in [0.1, 0.15) is 32.6 Å². The standard InChI is InChI=1S/C14H25N3O3/c1-9-4-3-5-11(12(9)15)13(18)17-7-6-10(8-17)16-14(19)20-2/h9-12H,3-8,15H2,1-2H3,(H,16,19). The first kappa shape index (κ1) is 15.1. The van der Waals surface area contributed by atoms with Crippen LogP contribution in [0.4, 0.5) is 4.79 Å². The highest BCUT2D eigenvalue weighted by atomic mass is 16.5. The lowest BCUT2D eigenvalue weighted by Gasteiger charge is -2.35. The fourth-order valence-corrected chi connectivity index (χ4v) is 3.27. The summed E-state index contributed by atoms with van der Waals surface area (Å²) in [4.78, 5) is 25.6. The minimum atomic E-state index is -0.438. The van der Waals surface area contributed by atoms with E-state index < -0.39 is 6.09 Å². The van der Waals surface area contributed by atoms with Gasteiger partial charge in [-0.05, 0) is 25.2 Å². The molecule has 1 saturated heterocycles. The SMILES string of the molecule is COC(=O)NC1CCN(C(=O)C2CCCC(C)C2N)C1. The number of carbonyl (C=O) groups excluding carboxylic acids is 2. The average Bonchev–Trinajstić information content (AvgIpc) is 2.89. The van der Waals surface area contributed by atoms with Crippen LogP contribution in [0.25, 0.3) is 0 Å². The smallest absolute Gasteiger partial charge is 0.407 e. The molecule has 0 aromatic heterocycles. The van der Waals surface area contributed by atoms with Gasteiger partial charge in [0.05, 0.1) is 19.1 Å². The molecule has 4 atom stereocenters. The van der Waals surface area contributed by atoms with Gasteiger partial charge in [-0.2, -0.15) is 0 Å². The molecule has 2 amide bonds. The van der Waals surface area contributed by atoms with Crippen LogP contribution in [-0.4, -0.2) is 49.2 Å². The molecule has 1 saturated carbocycles. The Labute approximate surface area is 120 Å². The minimum absolute atomic E-state index is 0.0105. The van der Waals surface area contributed by atoms with Gasteiger partial charge in [0.15, 0.2) is 0 Å². The Morgan fingerprint density at radius 2 is 2.05 bits per heavy atom. The van der Waals surface area contributed by atoms with Gasteiger partial charge in [-0.15, -0.1) is 0 Å². The Balaban J connectivity index is 1.89. The van der Waals surface area contributed by atoms with E-state index in [1.54, 1.807) is 0 Å². The summed E-state index contributed by atoms with van der Waals surface area (Å²) in [6.45, 7) is 3.37. The van der Waals surface area contributed by atoms with Gasteiger partial charge in [0.2, 0.25) is 5.91 Å². The summed E-state index contributed by atoms with van der Waals surface area (Å²) in [6.07, 6.45) is 3.40. The number of likely N-dealkylation sites (tertiary alicyclic amines) is 1. The molecule has 0 aromatic rings. The van der Waals surface area contributed by atoms with E-state index in [2.05, 4.69) is 17.0 Å². The summed E-state index contributed by atoms with van der Waals surface area (Å²) >= 11 is 0. The summed E-state index contributed by atoms with van der Waals surface area (Å²) in [5.74, 6) is 0.498. The number of nitrogens with one attached hydrogen (secondary N) is 1. The normalized spacial score (nSPS) is 33.9. The Hall–Kier alpha value is -1.30. The van der Waals surface area contributed by atoms with Crippen molar-refractivity contribution in [2.24, 2.45) is 17.6 Å². The number of hydrogen-bond acceptors (Lipinski definition) is 4. The molecule has 1 heterocycles. The third-order valence-corrected chi connectivity index (χ3v) is 4.62. The molecule has 0 bridgehead atoms. The zero-order valence-corrected chi connectivity index (χ0v) is 12.3. The van der Waals surface area contributed by atoms with Crippen molar-refractivity contribution in [3.05, 3.63) is 0 Å². The zero-order chi connectivity index (χ0) is 14.7.